The maximum Gasteiger partial charge on any atom is 0.0815 e. The summed E-state index contributed by atoms with van der Waals surface area (Å²) in [7, 11) is 0. The minimum Gasteiger partial charge on any atom is -0.388 e. The van der Waals surface area contributed by atoms with Gasteiger partial charge in [-0.1, -0.05) is 6.92 Å². The molecule has 0 amide bonds. The molecule has 0 spiro atoms. The quantitative estimate of drug-likeness (QED) is 0.579. The Morgan fingerprint density at radius 3 is 2.79 bits per heavy atom. The molecule has 82 valence electrons. The van der Waals surface area contributed by atoms with Crippen molar-refractivity contribution in [3.63, 3.8) is 0 Å². The van der Waals surface area contributed by atoms with Crippen LogP contribution in [0, 0.1) is 5.92 Å². The lowest BCUT2D eigenvalue weighted by Crippen LogP contribution is -2.53. The van der Waals surface area contributed by atoms with Crippen molar-refractivity contribution in [1.29, 1.82) is 0 Å². The molecule has 4 N–H and O–H groups in total. The highest BCUT2D eigenvalue weighted by atomic mass is 16.3. The average Bonchev–Trinajstić information content (AvgIpc) is 2.48. The van der Waals surface area contributed by atoms with Gasteiger partial charge in [0.15, 0.2) is 0 Å². The van der Waals surface area contributed by atoms with Gasteiger partial charge in [-0.3, -0.25) is 0 Å². The van der Waals surface area contributed by atoms with Crippen LogP contribution < -0.4 is 11.1 Å². The van der Waals surface area contributed by atoms with Gasteiger partial charge in [0, 0.05) is 12.1 Å². The van der Waals surface area contributed by atoms with Crippen LogP contribution in [0.5, 0.6) is 0 Å². The van der Waals surface area contributed by atoms with E-state index in [9.17, 15) is 5.11 Å². The Bertz CT molecular complexity index is 209. The number of nitrogens with two attached hydrogens (primary N) is 1. The molecule has 0 aromatic rings. The normalized spacial score (nSPS) is 49.5. The van der Waals surface area contributed by atoms with Crippen molar-refractivity contribution in [3.8, 4) is 0 Å². The number of hydrogen-bond donors (Lipinski definition) is 3. The highest BCUT2D eigenvalue weighted by Crippen LogP contribution is 2.35. The molecule has 0 bridgehead atoms. The third kappa shape index (κ3) is 1.95. The van der Waals surface area contributed by atoms with Crippen LogP contribution >= 0.6 is 0 Å². The Morgan fingerprint density at radius 2 is 2.21 bits per heavy atom. The Balaban J connectivity index is 1.99. The third-order valence-electron chi connectivity index (χ3n) is 3.88. The smallest absolute Gasteiger partial charge is 0.0815 e. The summed E-state index contributed by atoms with van der Waals surface area (Å²) in [5.41, 5.74) is 5.34. The largest absolute Gasteiger partial charge is 0.388 e. The summed E-state index contributed by atoms with van der Waals surface area (Å²) in [6.07, 6.45) is 4.96. The van der Waals surface area contributed by atoms with E-state index in [-0.39, 0.29) is 12.1 Å². The van der Waals surface area contributed by atoms with E-state index in [1.165, 1.54) is 6.42 Å². The Kier molecular flexibility index (Phi) is 2.82. The first-order chi connectivity index (χ1) is 6.60. The molecule has 1 aliphatic carbocycles. The molecule has 0 aromatic heterocycles. The lowest BCUT2D eigenvalue weighted by molar-refractivity contribution is -0.00837. The summed E-state index contributed by atoms with van der Waals surface area (Å²) in [4.78, 5) is 0. The molecule has 4 atom stereocenters. The zero-order valence-electron chi connectivity index (χ0n) is 9.00. The van der Waals surface area contributed by atoms with Crippen LogP contribution in [0.15, 0.2) is 0 Å². The highest BCUT2D eigenvalue weighted by Gasteiger charge is 2.43. The molecule has 2 rings (SSSR count). The van der Waals surface area contributed by atoms with Crippen molar-refractivity contribution in [3.05, 3.63) is 0 Å². The van der Waals surface area contributed by atoms with Crippen LogP contribution in [-0.4, -0.2) is 29.3 Å². The first-order valence-electron chi connectivity index (χ1n) is 5.81. The second-order valence-corrected chi connectivity index (χ2v) is 5.24. The minimum atomic E-state index is -0.520. The fraction of sp³-hybridized carbons (Fsp3) is 1.00. The fourth-order valence-electron chi connectivity index (χ4n) is 2.93. The van der Waals surface area contributed by atoms with Crippen molar-refractivity contribution >= 4 is 0 Å². The van der Waals surface area contributed by atoms with Crippen molar-refractivity contribution in [2.75, 3.05) is 6.54 Å². The number of hydrogen-bond acceptors (Lipinski definition) is 3. The van der Waals surface area contributed by atoms with Gasteiger partial charge >= 0.3 is 0 Å². The van der Waals surface area contributed by atoms with E-state index in [1.54, 1.807) is 0 Å². The summed E-state index contributed by atoms with van der Waals surface area (Å²) in [5.74, 6) is 0.738. The van der Waals surface area contributed by atoms with E-state index in [1.807, 2.05) is 0 Å². The predicted molar refractivity (Wildman–Crippen MR) is 57.0 cm³/mol. The molecule has 14 heavy (non-hydrogen) atoms. The standard InChI is InChI=1S/C11H22N2O/c1-8-3-5-13-10(6-8)11(14)4-2-9(12)7-11/h8-10,13-14H,2-7,12H2,1H3. The van der Waals surface area contributed by atoms with E-state index in [0.717, 1.165) is 38.1 Å². The van der Waals surface area contributed by atoms with Gasteiger partial charge in [0.25, 0.3) is 0 Å². The molecular formula is C11H22N2O. The predicted octanol–water partition coefficient (Wildman–Crippen LogP) is 0.617. The molecule has 4 unspecified atom stereocenters. The summed E-state index contributed by atoms with van der Waals surface area (Å²) < 4.78 is 0. The minimum absolute atomic E-state index is 0.207. The lowest BCUT2D eigenvalue weighted by atomic mass is 9.82. The highest BCUT2D eigenvalue weighted by molar-refractivity contribution is 5.01. The van der Waals surface area contributed by atoms with Crippen LogP contribution in [0.1, 0.15) is 39.0 Å². The maximum atomic E-state index is 10.5. The number of nitrogens with one attached hydrogen (secondary N) is 1. The van der Waals surface area contributed by atoms with Gasteiger partial charge in [0.2, 0.25) is 0 Å². The summed E-state index contributed by atoms with van der Waals surface area (Å²) in [5, 5.41) is 13.9. The Morgan fingerprint density at radius 1 is 1.43 bits per heavy atom. The maximum absolute atomic E-state index is 10.5. The molecular weight excluding hydrogens is 176 g/mol. The molecule has 1 heterocycles. The van der Waals surface area contributed by atoms with Gasteiger partial charge in [-0.25, -0.2) is 0 Å². The van der Waals surface area contributed by atoms with Crippen molar-refractivity contribution in [1.82, 2.24) is 5.32 Å². The zero-order chi connectivity index (χ0) is 10.2. The Labute approximate surface area is 86.1 Å². The van der Waals surface area contributed by atoms with E-state index in [4.69, 9.17) is 5.73 Å². The Hall–Kier alpha value is -0.120. The molecule has 1 saturated carbocycles. The van der Waals surface area contributed by atoms with Gasteiger partial charge in [-0.2, -0.15) is 0 Å². The fourth-order valence-corrected chi connectivity index (χ4v) is 2.93. The number of aliphatic hydroxyl groups is 1. The van der Waals surface area contributed by atoms with E-state index < -0.39 is 5.60 Å². The van der Waals surface area contributed by atoms with Crippen LogP contribution in [0.25, 0.3) is 0 Å². The summed E-state index contributed by atoms with van der Waals surface area (Å²) >= 11 is 0. The molecule has 1 saturated heterocycles. The van der Waals surface area contributed by atoms with Crippen molar-refractivity contribution < 1.29 is 5.11 Å². The van der Waals surface area contributed by atoms with Gasteiger partial charge in [0.1, 0.15) is 0 Å². The first kappa shape index (κ1) is 10.4. The SMILES string of the molecule is CC1CCNC(C2(O)CCC(N)C2)C1. The van der Waals surface area contributed by atoms with Gasteiger partial charge in [-0.05, 0) is 44.6 Å². The second-order valence-electron chi connectivity index (χ2n) is 5.24. The van der Waals surface area contributed by atoms with Crippen LogP contribution in [-0.2, 0) is 0 Å². The summed E-state index contributed by atoms with van der Waals surface area (Å²) in [6, 6.07) is 0.485. The van der Waals surface area contributed by atoms with Gasteiger partial charge in [-0.15, -0.1) is 0 Å². The van der Waals surface area contributed by atoms with Gasteiger partial charge < -0.3 is 16.2 Å². The molecule has 2 fully saturated rings. The average molecular weight is 198 g/mol. The molecule has 2 aliphatic rings. The van der Waals surface area contributed by atoms with Crippen molar-refractivity contribution in [2.45, 2.75) is 56.7 Å². The van der Waals surface area contributed by atoms with Crippen LogP contribution in [0.2, 0.25) is 0 Å². The summed E-state index contributed by atoms with van der Waals surface area (Å²) in [6.45, 7) is 3.31. The van der Waals surface area contributed by atoms with Gasteiger partial charge in [0.05, 0.1) is 5.60 Å². The van der Waals surface area contributed by atoms with Crippen LogP contribution in [0.3, 0.4) is 0 Å². The molecule has 0 aromatic carbocycles. The number of rotatable bonds is 1. The molecule has 3 heteroatoms. The third-order valence-corrected chi connectivity index (χ3v) is 3.88. The first-order valence-corrected chi connectivity index (χ1v) is 5.81. The number of piperidine rings is 1. The van der Waals surface area contributed by atoms with Crippen LogP contribution in [0.4, 0.5) is 0 Å². The van der Waals surface area contributed by atoms with E-state index in [0.29, 0.717) is 0 Å². The molecule has 1 aliphatic heterocycles. The van der Waals surface area contributed by atoms with Crippen molar-refractivity contribution in [2.24, 2.45) is 11.7 Å². The lowest BCUT2D eigenvalue weighted by Gasteiger charge is -2.38. The molecule has 3 nitrogen and oxygen atoms in total. The topological polar surface area (TPSA) is 58.3 Å². The van der Waals surface area contributed by atoms with E-state index >= 15 is 0 Å². The second kappa shape index (κ2) is 3.80. The monoisotopic (exact) mass is 198 g/mol. The molecule has 0 radical (unpaired) electrons. The zero-order valence-corrected chi connectivity index (χ0v) is 9.00. The van der Waals surface area contributed by atoms with E-state index in [2.05, 4.69) is 12.2 Å².